The van der Waals surface area contributed by atoms with Gasteiger partial charge in [-0.3, -0.25) is 10.7 Å². The number of hydrogen-bond donors (Lipinski definition) is 2. The number of aryl methyl sites for hydroxylation is 4. The zero-order valence-electron chi connectivity index (χ0n) is 19.0. The van der Waals surface area contributed by atoms with Crippen LogP contribution in [0.1, 0.15) is 17.0 Å². The number of fused-ring (bicyclic) bond motifs is 1. The zero-order chi connectivity index (χ0) is 23.8. The maximum absolute atomic E-state index is 13.3. The number of pyridine rings is 1. The van der Waals surface area contributed by atoms with Crippen molar-refractivity contribution < 1.29 is 10.1 Å². The molecule has 0 fully saturated rings. The molecule has 2 aromatic carbocycles. The summed E-state index contributed by atoms with van der Waals surface area (Å²) in [4.78, 5) is 21.1. The molecule has 0 aliphatic carbocycles. The Bertz CT molecular complexity index is 1530. The number of phenols is 1. The number of aromatic hydroxyl groups is 1. The van der Waals surface area contributed by atoms with Crippen LogP contribution in [0, 0.1) is 13.8 Å². The van der Waals surface area contributed by atoms with Gasteiger partial charge in [-0.2, -0.15) is 4.68 Å². The molecule has 0 saturated heterocycles. The van der Waals surface area contributed by atoms with Gasteiger partial charge >= 0.3 is 11.6 Å². The molecule has 0 aliphatic heterocycles. The molecule has 0 bridgehead atoms. The first kappa shape index (κ1) is 21.4. The third-order valence-electron chi connectivity index (χ3n) is 5.79. The zero-order valence-corrected chi connectivity index (χ0v) is 19.0. The molecule has 0 radical (unpaired) electrons. The quantitative estimate of drug-likeness (QED) is 0.424. The van der Waals surface area contributed by atoms with Crippen molar-refractivity contribution in [2.75, 3.05) is 5.73 Å². The second-order valence-electron chi connectivity index (χ2n) is 8.35. The van der Waals surface area contributed by atoms with Gasteiger partial charge in [-0.05, 0) is 55.7 Å². The third-order valence-corrected chi connectivity index (χ3v) is 5.79. The molecule has 4 N–H and O–H groups in total. The minimum Gasteiger partial charge on any atom is -0.508 e. The van der Waals surface area contributed by atoms with Gasteiger partial charge in [-0.25, -0.2) is 9.78 Å². The Hall–Kier alpha value is -4.46. The van der Waals surface area contributed by atoms with Crippen LogP contribution in [-0.2, 0) is 13.0 Å². The molecule has 3 heterocycles. The van der Waals surface area contributed by atoms with Crippen LogP contribution in [0.3, 0.4) is 0 Å². The van der Waals surface area contributed by atoms with Crippen LogP contribution in [0.2, 0.25) is 0 Å². The van der Waals surface area contributed by atoms with Gasteiger partial charge in [-0.1, -0.05) is 42.5 Å². The Balaban J connectivity index is 1.72. The summed E-state index contributed by atoms with van der Waals surface area (Å²) in [5.41, 5.74) is 12.7. The third kappa shape index (κ3) is 3.90. The fourth-order valence-corrected chi connectivity index (χ4v) is 4.26. The van der Waals surface area contributed by atoms with Crippen LogP contribution >= 0.6 is 0 Å². The van der Waals surface area contributed by atoms with E-state index >= 15 is 0 Å². The summed E-state index contributed by atoms with van der Waals surface area (Å²) >= 11 is 0. The lowest BCUT2D eigenvalue weighted by molar-refractivity contribution is -0.351. The van der Waals surface area contributed by atoms with Gasteiger partial charge in [-0.15, -0.1) is 9.50 Å². The molecule has 0 aliphatic rings. The molecule has 3 aromatic heterocycles. The van der Waals surface area contributed by atoms with E-state index in [1.807, 2.05) is 68.4 Å². The smallest absolute Gasteiger partial charge is 0.411 e. The Labute approximate surface area is 196 Å². The number of aromatic amines is 1. The molecule has 0 spiro atoms. The molecule has 8 heteroatoms. The van der Waals surface area contributed by atoms with Gasteiger partial charge < -0.3 is 5.11 Å². The first-order valence-electron chi connectivity index (χ1n) is 11.0. The van der Waals surface area contributed by atoms with Crippen molar-refractivity contribution in [3.8, 4) is 28.1 Å². The van der Waals surface area contributed by atoms with Crippen LogP contribution in [0.5, 0.6) is 5.75 Å². The van der Waals surface area contributed by atoms with Crippen molar-refractivity contribution in [3.05, 3.63) is 94.2 Å². The number of nitrogens with two attached hydrogens (primary N) is 1. The Morgan fingerprint density at radius 2 is 1.65 bits per heavy atom. The maximum Gasteiger partial charge on any atom is 0.411 e. The van der Waals surface area contributed by atoms with Crippen LogP contribution in [0.25, 0.3) is 28.0 Å². The molecule has 0 saturated carbocycles. The molecule has 34 heavy (non-hydrogen) atoms. The highest BCUT2D eigenvalue weighted by Gasteiger charge is 2.25. The summed E-state index contributed by atoms with van der Waals surface area (Å²) in [5, 5.41) is 14.2. The fourth-order valence-electron chi connectivity index (χ4n) is 4.26. The summed E-state index contributed by atoms with van der Waals surface area (Å²) in [6.07, 6.45) is 0.585. The van der Waals surface area contributed by atoms with Crippen molar-refractivity contribution in [2.24, 2.45) is 0 Å². The number of hydrogen-bond acceptors (Lipinski definition) is 5. The molecule has 170 valence electrons. The van der Waals surface area contributed by atoms with Crippen molar-refractivity contribution in [2.45, 2.75) is 26.8 Å². The highest BCUT2D eigenvalue weighted by atomic mass is 16.3. The van der Waals surface area contributed by atoms with E-state index in [2.05, 4.69) is 9.97 Å². The predicted molar refractivity (Wildman–Crippen MR) is 130 cm³/mol. The van der Waals surface area contributed by atoms with Gasteiger partial charge in [0, 0.05) is 17.0 Å². The largest absolute Gasteiger partial charge is 0.508 e. The Morgan fingerprint density at radius 3 is 2.32 bits per heavy atom. The van der Waals surface area contributed by atoms with Gasteiger partial charge in [0.1, 0.15) is 11.4 Å². The lowest BCUT2D eigenvalue weighted by Crippen LogP contribution is -2.28. The fraction of sp³-hybridized carbons (Fsp3) is 0.154. The first-order valence-corrected chi connectivity index (χ1v) is 11.0. The highest BCUT2D eigenvalue weighted by molar-refractivity contribution is 5.88. The van der Waals surface area contributed by atoms with E-state index in [9.17, 15) is 9.90 Å². The highest BCUT2D eigenvalue weighted by Crippen LogP contribution is 2.32. The first-order chi connectivity index (χ1) is 16.4. The average molecular weight is 454 g/mol. The number of anilines is 1. The van der Waals surface area contributed by atoms with Gasteiger partial charge in [0.05, 0.1) is 12.1 Å². The van der Waals surface area contributed by atoms with Crippen molar-refractivity contribution >= 4 is 11.6 Å². The van der Waals surface area contributed by atoms with Crippen LogP contribution in [0.4, 0.5) is 5.95 Å². The number of nitrogens with one attached hydrogen (secondary N) is 1. The van der Waals surface area contributed by atoms with E-state index in [1.165, 1.54) is 9.08 Å². The molecule has 0 amide bonds. The van der Waals surface area contributed by atoms with Crippen LogP contribution in [-0.4, -0.2) is 24.3 Å². The second kappa shape index (κ2) is 8.47. The molecular weight excluding hydrogens is 428 g/mol. The standard InChI is InChI=1S/C26H24N6O2/c1-16-14-20(15-17(2)28-16)22-23(19-6-4-3-5-7-19)29-25(27)32-24(22)30-31(26(32)34)13-12-18-8-10-21(33)11-9-18/h3-11,14-15,33H,12-13H2,1-2H3,(H2,27,29)/p+1. The molecule has 0 unspecified atom stereocenters. The molecular formula is C26H25N6O2+. The van der Waals surface area contributed by atoms with Gasteiger partial charge in [0.2, 0.25) is 5.65 Å². The number of benzene rings is 2. The number of rotatable bonds is 5. The van der Waals surface area contributed by atoms with E-state index in [-0.39, 0.29) is 17.4 Å². The number of aromatic nitrogens is 5. The summed E-state index contributed by atoms with van der Waals surface area (Å²) in [5.74, 6) is 0.416. The number of H-pyrrole nitrogens is 1. The maximum atomic E-state index is 13.3. The second-order valence-corrected chi connectivity index (χ2v) is 8.35. The summed E-state index contributed by atoms with van der Waals surface area (Å²) in [6.45, 7) is 4.26. The Kier molecular flexibility index (Phi) is 5.33. The van der Waals surface area contributed by atoms with E-state index in [0.717, 1.165) is 39.3 Å². The van der Waals surface area contributed by atoms with Crippen molar-refractivity contribution in [1.29, 1.82) is 0 Å². The molecule has 5 aromatic rings. The molecule has 5 rings (SSSR count). The molecule has 0 atom stereocenters. The minimum atomic E-state index is -0.314. The monoisotopic (exact) mass is 453 g/mol. The SMILES string of the molecule is Cc1cc(-c2c(-c3ccccc3)[nH+]c(N)n3c(=O)n(CCc4ccc(O)cc4)nc23)cc(C)n1. The van der Waals surface area contributed by atoms with Crippen molar-refractivity contribution in [1.82, 2.24) is 19.2 Å². The number of nitrogens with zero attached hydrogens (tertiary/aromatic N) is 4. The van der Waals surface area contributed by atoms with E-state index in [1.54, 1.807) is 12.1 Å². The van der Waals surface area contributed by atoms with Crippen LogP contribution in [0.15, 0.2) is 71.5 Å². The normalized spacial score (nSPS) is 11.2. The summed E-state index contributed by atoms with van der Waals surface area (Å²) in [7, 11) is 0. The predicted octanol–water partition coefficient (Wildman–Crippen LogP) is 3.19. The topological polar surface area (TPSA) is 113 Å². The van der Waals surface area contributed by atoms with E-state index in [0.29, 0.717) is 18.6 Å². The van der Waals surface area contributed by atoms with Crippen LogP contribution < -0.4 is 16.4 Å². The van der Waals surface area contributed by atoms with Crippen molar-refractivity contribution in [3.63, 3.8) is 0 Å². The van der Waals surface area contributed by atoms with Gasteiger partial charge in [0.25, 0.3) is 0 Å². The average Bonchev–Trinajstić information content (AvgIpc) is 3.15. The lowest BCUT2D eigenvalue weighted by Gasteiger charge is -2.10. The summed E-state index contributed by atoms with van der Waals surface area (Å²) < 4.78 is 2.86. The van der Waals surface area contributed by atoms with E-state index < -0.39 is 0 Å². The minimum absolute atomic E-state index is 0.206. The van der Waals surface area contributed by atoms with E-state index in [4.69, 9.17) is 10.8 Å². The Morgan fingerprint density at radius 1 is 0.971 bits per heavy atom. The number of phenolic OH excluding ortho intramolecular Hbond substituents is 1. The summed E-state index contributed by atoms with van der Waals surface area (Å²) in [6, 6.07) is 20.8. The number of nitrogen functional groups attached to an aromatic ring is 1. The molecule has 8 nitrogen and oxygen atoms in total. The lowest BCUT2D eigenvalue weighted by atomic mass is 9.99. The van der Waals surface area contributed by atoms with Gasteiger partial charge in [0.15, 0.2) is 0 Å².